The van der Waals surface area contributed by atoms with E-state index in [1.807, 2.05) is 37.3 Å². The van der Waals surface area contributed by atoms with Gasteiger partial charge in [-0.1, -0.05) is 41.7 Å². The van der Waals surface area contributed by atoms with Crippen molar-refractivity contribution >= 4 is 39.9 Å². The third-order valence-corrected chi connectivity index (χ3v) is 3.23. The highest BCUT2D eigenvalue weighted by Gasteiger charge is 2.05. The molecule has 92 valence electrons. The van der Waals surface area contributed by atoms with Crippen molar-refractivity contribution < 1.29 is 4.79 Å². The van der Waals surface area contributed by atoms with Crippen LogP contribution in [0.1, 0.15) is 10.6 Å². The molecule has 18 heavy (non-hydrogen) atoms. The molecule has 6 heteroatoms. The lowest BCUT2D eigenvalue weighted by molar-refractivity contribution is -0.111. The van der Waals surface area contributed by atoms with E-state index in [0.29, 0.717) is 10.0 Å². The molecule has 1 N–H and O–H groups in total. The SMILES string of the molecule is Cc1nnc(NC(=O)C=C(S)c2ccccc2)s1. The predicted molar refractivity (Wildman–Crippen MR) is 76.7 cm³/mol. The fourth-order valence-corrected chi connectivity index (χ4v) is 2.17. The maximum absolute atomic E-state index is 11.7. The summed E-state index contributed by atoms with van der Waals surface area (Å²) in [7, 11) is 0. The number of aryl methyl sites for hydroxylation is 1. The highest BCUT2D eigenvalue weighted by atomic mass is 32.1. The molecule has 0 aliphatic rings. The molecule has 0 fully saturated rings. The number of carbonyl (C=O) groups excluding carboxylic acids is 1. The van der Waals surface area contributed by atoms with Crippen LogP contribution in [-0.4, -0.2) is 16.1 Å². The highest BCUT2D eigenvalue weighted by molar-refractivity contribution is 7.90. The first-order valence-corrected chi connectivity index (χ1v) is 6.48. The van der Waals surface area contributed by atoms with Crippen LogP contribution in [0.3, 0.4) is 0 Å². The molecule has 1 heterocycles. The van der Waals surface area contributed by atoms with Gasteiger partial charge in [0, 0.05) is 11.0 Å². The maximum Gasteiger partial charge on any atom is 0.251 e. The van der Waals surface area contributed by atoms with E-state index >= 15 is 0 Å². The smallest absolute Gasteiger partial charge is 0.251 e. The van der Waals surface area contributed by atoms with Gasteiger partial charge in [-0.3, -0.25) is 10.1 Å². The molecule has 0 unspecified atom stereocenters. The molecule has 0 saturated carbocycles. The van der Waals surface area contributed by atoms with E-state index in [2.05, 4.69) is 28.1 Å². The second kappa shape index (κ2) is 5.79. The van der Waals surface area contributed by atoms with Crippen molar-refractivity contribution in [2.24, 2.45) is 0 Å². The highest BCUT2D eigenvalue weighted by Crippen LogP contribution is 2.18. The molecule has 0 spiro atoms. The van der Waals surface area contributed by atoms with Crippen molar-refractivity contribution in [3.8, 4) is 0 Å². The molecular weight excluding hydrogens is 266 g/mol. The molecule has 2 rings (SSSR count). The van der Waals surface area contributed by atoms with Gasteiger partial charge in [0.1, 0.15) is 5.01 Å². The van der Waals surface area contributed by atoms with Crippen LogP contribution < -0.4 is 5.32 Å². The molecular formula is C12H11N3OS2. The quantitative estimate of drug-likeness (QED) is 0.670. The average molecular weight is 277 g/mol. The molecule has 4 nitrogen and oxygen atoms in total. The zero-order valence-corrected chi connectivity index (χ0v) is 11.3. The number of thiol groups is 1. The van der Waals surface area contributed by atoms with Crippen molar-refractivity contribution in [3.05, 3.63) is 47.0 Å². The van der Waals surface area contributed by atoms with Crippen LogP contribution in [-0.2, 0) is 4.79 Å². The first kappa shape index (κ1) is 12.8. The number of hydrogen-bond acceptors (Lipinski definition) is 5. The lowest BCUT2D eigenvalue weighted by atomic mass is 10.2. The number of rotatable bonds is 3. The third-order valence-electron chi connectivity index (χ3n) is 2.09. The van der Waals surface area contributed by atoms with Crippen LogP contribution in [0.15, 0.2) is 36.4 Å². The summed E-state index contributed by atoms with van der Waals surface area (Å²) in [6.07, 6.45) is 1.43. The van der Waals surface area contributed by atoms with Gasteiger partial charge in [-0.2, -0.15) is 0 Å². The average Bonchev–Trinajstić information content (AvgIpc) is 2.75. The minimum Gasteiger partial charge on any atom is -0.297 e. The normalized spacial score (nSPS) is 11.3. The Morgan fingerprint density at radius 1 is 1.33 bits per heavy atom. The first-order chi connectivity index (χ1) is 8.65. The van der Waals surface area contributed by atoms with Crippen LogP contribution in [0, 0.1) is 6.92 Å². The van der Waals surface area contributed by atoms with Gasteiger partial charge in [0.05, 0.1) is 0 Å². The number of carbonyl (C=O) groups is 1. The van der Waals surface area contributed by atoms with Crippen LogP contribution >= 0.6 is 24.0 Å². The second-order valence-corrected chi connectivity index (χ2v) is 5.17. The molecule has 1 amide bonds. The minimum atomic E-state index is -0.264. The van der Waals surface area contributed by atoms with Gasteiger partial charge in [-0.05, 0) is 12.5 Å². The van der Waals surface area contributed by atoms with Gasteiger partial charge in [0.25, 0.3) is 5.91 Å². The van der Waals surface area contributed by atoms with Crippen molar-refractivity contribution in [2.45, 2.75) is 6.92 Å². The van der Waals surface area contributed by atoms with Gasteiger partial charge < -0.3 is 0 Å². The van der Waals surface area contributed by atoms with Crippen LogP contribution in [0.25, 0.3) is 4.91 Å². The topological polar surface area (TPSA) is 54.9 Å². The number of aromatic nitrogens is 2. The number of anilines is 1. The number of hydrogen-bond donors (Lipinski definition) is 2. The zero-order valence-electron chi connectivity index (χ0n) is 9.62. The predicted octanol–water partition coefficient (Wildman–Crippen LogP) is 2.76. The fourth-order valence-electron chi connectivity index (χ4n) is 1.30. The van der Waals surface area contributed by atoms with Crippen LogP contribution in [0.4, 0.5) is 5.13 Å². The lowest BCUT2D eigenvalue weighted by Crippen LogP contribution is -2.08. The minimum absolute atomic E-state index is 0.264. The fraction of sp³-hybridized carbons (Fsp3) is 0.0833. The summed E-state index contributed by atoms with van der Waals surface area (Å²) in [6, 6.07) is 9.48. The van der Waals surface area contributed by atoms with E-state index in [1.54, 1.807) is 0 Å². The largest absolute Gasteiger partial charge is 0.297 e. The van der Waals surface area contributed by atoms with Gasteiger partial charge >= 0.3 is 0 Å². The Morgan fingerprint density at radius 2 is 2.06 bits per heavy atom. The van der Waals surface area contributed by atoms with Gasteiger partial charge in [-0.25, -0.2) is 0 Å². The molecule has 0 aliphatic carbocycles. The Balaban J connectivity index is 2.06. The first-order valence-electron chi connectivity index (χ1n) is 5.22. The Morgan fingerprint density at radius 3 is 2.67 bits per heavy atom. The number of nitrogens with one attached hydrogen (secondary N) is 1. The van der Waals surface area contributed by atoms with Crippen molar-refractivity contribution in [3.63, 3.8) is 0 Å². The maximum atomic E-state index is 11.7. The van der Waals surface area contributed by atoms with Gasteiger partial charge in [0.2, 0.25) is 5.13 Å². The molecule has 1 aromatic heterocycles. The molecule has 0 atom stereocenters. The number of benzene rings is 1. The van der Waals surface area contributed by atoms with Gasteiger partial charge in [0.15, 0.2) is 0 Å². The summed E-state index contributed by atoms with van der Waals surface area (Å²) in [6.45, 7) is 1.83. The molecule has 0 saturated heterocycles. The third kappa shape index (κ3) is 3.41. The van der Waals surface area contributed by atoms with Crippen molar-refractivity contribution in [1.82, 2.24) is 10.2 Å². The van der Waals surface area contributed by atoms with Crippen molar-refractivity contribution in [2.75, 3.05) is 5.32 Å². The van der Waals surface area contributed by atoms with E-state index in [9.17, 15) is 4.79 Å². The second-order valence-electron chi connectivity index (χ2n) is 3.51. The Hall–Kier alpha value is -1.66. The van der Waals surface area contributed by atoms with Gasteiger partial charge in [-0.15, -0.1) is 22.8 Å². The number of nitrogens with zero attached hydrogens (tertiary/aromatic N) is 2. The Kier molecular flexibility index (Phi) is 4.11. The van der Waals surface area contributed by atoms with E-state index in [1.165, 1.54) is 17.4 Å². The summed E-state index contributed by atoms with van der Waals surface area (Å²) in [4.78, 5) is 12.3. The lowest BCUT2D eigenvalue weighted by Gasteiger charge is -2.00. The standard InChI is InChI=1S/C12H11N3OS2/c1-8-14-15-12(18-8)13-11(16)7-10(17)9-5-3-2-4-6-9/h2-7,17H,1H3,(H,13,15,16). The molecule has 0 radical (unpaired) electrons. The summed E-state index contributed by atoms with van der Waals surface area (Å²) < 4.78 is 0. The van der Waals surface area contributed by atoms with E-state index in [4.69, 9.17) is 0 Å². The van der Waals surface area contributed by atoms with Crippen LogP contribution in [0.2, 0.25) is 0 Å². The summed E-state index contributed by atoms with van der Waals surface area (Å²) >= 11 is 5.63. The molecule has 0 aliphatic heterocycles. The Labute approximate surface area is 114 Å². The zero-order chi connectivity index (χ0) is 13.0. The molecule has 2 aromatic rings. The number of amides is 1. The molecule has 0 bridgehead atoms. The van der Waals surface area contributed by atoms with E-state index in [-0.39, 0.29) is 5.91 Å². The van der Waals surface area contributed by atoms with Crippen LogP contribution in [0.5, 0.6) is 0 Å². The summed E-state index contributed by atoms with van der Waals surface area (Å²) in [5, 5.41) is 11.6. The molecule has 1 aromatic carbocycles. The monoisotopic (exact) mass is 277 g/mol. The van der Waals surface area contributed by atoms with Crippen molar-refractivity contribution in [1.29, 1.82) is 0 Å². The van der Waals surface area contributed by atoms with E-state index in [0.717, 1.165) is 10.6 Å². The summed E-state index contributed by atoms with van der Waals surface area (Å²) in [5.41, 5.74) is 0.893. The van der Waals surface area contributed by atoms with E-state index < -0.39 is 0 Å². The summed E-state index contributed by atoms with van der Waals surface area (Å²) in [5.74, 6) is -0.264. The Bertz CT molecular complexity index is 578.